The Kier molecular flexibility index (Phi) is 3.86. The van der Waals surface area contributed by atoms with Crippen LogP contribution in [0.4, 0.5) is 10.7 Å². The number of thioether (sulfide) groups is 1. The number of hydrogen-bond acceptors (Lipinski definition) is 5. The number of anilines is 2. The van der Waals surface area contributed by atoms with Crippen LogP contribution in [0, 0.1) is 0 Å². The molecule has 0 unspecified atom stereocenters. The summed E-state index contributed by atoms with van der Waals surface area (Å²) >= 11 is 3.29. The molecule has 0 radical (unpaired) electrons. The van der Waals surface area contributed by atoms with Gasteiger partial charge in [0.2, 0.25) is 0 Å². The van der Waals surface area contributed by atoms with Crippen molar-refractivity contribution in [2.24, 2.45) is 0 Å². The number of amides is 1. The van der Waals surface area contributed by atoms with Crippen molar-refractivity contribution >= 4 is 39.7 Å². The smallest absolute Gasteiger partial charge is 0.263 e. The highest BCUT2D eigenvalue weighted by atomic mass is 32.2. The first-order valence-electron chi connectivity index (χ1n) is 7.96. The van der Waals surface area contributed by atoms with Crippen LogP contribution >= 0.6 is 23.1 Å². The van der Waals surface area contributed by atoms with Gasteiger partial charge in [-0.2, -0.15) is 0 Å². The van der Waals surface area contributed by atoms with Gasteiger partial charge in [-0.15, -0.1) is 23.1 Å². The molecule has 2 aliphatic heterocycles. The Labute approximate surface area is 150 Å². The topological polar surface area (TPSA) is 41.6 Å². The summed E-state index contributed by atoms with van der Waals surface area (Å²) in [5, 5.41) is 4.53. The number of benzene rings is 1. The molecular weight excluding hydrogens is 340 g/mol. The number of fused-ring (bicyclic) bond motifs is 3. The number of ether oxygens (including phenoxy) is 1. The number of rotatable bonds is 2. The van der Waals surface area contributed by atoms with E-state index >= 15 is 0 Å². The predicted molar refractivity (Wildman–Crippen MR) is 101 cm³/mol. The Morgan fingerprint density at radius 3 is 2.79 bits per heavy atom. The van der Waals surface area contributed by atoms with Crippen molar-refractivity contribution in [1.29, 1.82) is 0 Å². The number of nitrogens with zero attached hydrogens (tertiary/aromatic N) is 1. The minimum Gasteiger partial charge on any atom is -0.370 e. The minimum atomic E-state index is -0.226. The molecule has 1 aromatic carbocycles. The molecule has 0 spiro atoms. The van der Waals surface area contributed by atoms with Gasteiger partial charge in [0.1, 0.15) is 5.00 Å². The van der Waals surface area contributed by atoms with E-state index < -0.39 is 0 Å². The zero-order chi connectivity index (χ0) is 16.9. The van der Waals surface area contributed by atoms with Crippen molar-refractivity contribution in [1.82, 2.24) is 0 Å². The Hall–Kier alpha value is -1.50. The third-order valence-electron chi connectivity index (χ3n) is 4.47. The Balaban J connectivity index is 1.81. The number of carbonyl (C=O) groups excluding carboxylic acids is 1. The number of thiophene rings is 1. The van der Waals surface area contributed by atoms with Crippen molar-refractivity contribution in [2.75, 3.05) is 16.5 Å². The maximum absolute atomic E-state index is 13.4. The predicted octanol–water partition coefficient (Wildman–Crippen LogP) is 4.32. The first-order chi connectivity index (χ1) is 11.5. The Morgan fingerprint density at radius 1 is 1.33 bits per heavy atom. The first-order valence-corrected chi connectivity index (χ1v) is 10.1. The molecule has 1 aromatic heterocycles. The molecule has 1 amide bonds. The molecule has 1 atom stereocenters. The first kappa shape index (κ1) is 16.0. The molecule has 4 rings (SSSR count). The highest BCUT2D eigenvalue weighted by Crippen LogP contribution is 2.45. The lowest BCUT2D eigenvalue weighted by Crippen LogP contribution is -2.47. The van der Waals surface area contributed by atoms with Crippen molar-refractivity contribution in [2.45, 2.75) is 38.0 Å². The van der Waals surface area contributed by atoms with Gasteiger partial charge in [0.05, 0.1) is 17.8 Å². The Bertz CT molecular complexity index is 786. The van der Waals surface area contributed by atoms with Gasteiger partial charge >= 0.3 is 0 Å². The largest absolute Gasteiger partial charge is 0.370 e. The monoisotopic (exact) mass is 360 g/mol. The molecule has 0 bridgehead atoms. The third kappa shape index (κ3) is 2.53. The molecule has 0 aliphatic carbocycles. The molecule has 24 heavy (non-hydrogen) atoms. The van der Waals surface area contributed by atoms with E-state index in [0.29, 0.717) is 6.61 Å². The average molecular weight is 361 g/mol. The lowest BCUT2D eigenvalue weighted by molar-refractivity contribution is -0.0383. The fourth-order valence-electron chi connectivity index (χ4n) is 3.29. The zero-order valence-corrected chi connectivity index (χ0v) is 15.6. The molecule has 3 heterocycles. The summed E-state index contributed by atoms with van der Waals surface area (Å²) in [6.07, 6.45) is 2.79. The molecule has 2 aromatic rings. The molecule has 0 saturated carbocycles. The molecule has 126 valence electrons. The molecule has 6 heteroatoms. The van der Waals surface area contributed by atoms with Crippen LogP contribution in [0.25, 0.3) is 0 Å². The molecule has 2 aliphatic rings. The van der Waals surface area contributed by atoms with Gasteiger partial charge < -0.3 is 10.1 Å². The zero-order valence-electron chi connectivity index (χ0n) is 14.0. The van der Waals surface area contributed by atoms with E-state index in [0.717, 1.165) is 28.2 Å². The standard InChI is InChI=1S/C18H20N2O2S2/c1-18(2)9-12-13(10-22-18)24-15-14(12)16(21)20(17(19-15)23-3)11-7-5-4-6-8-11/h4-8,17,19H,9-10H2,1-3H3/t17-/m1/s1. The maximum Gasteiger partial charge on any atom is 0.263 e. The lowest BCUT2D eigenvalue weighted by atomic mass is 9.92. The number of para-hydroxylation sites is 1. The van der Waals surface area contributed by atoms with Gasteiger partial charge in [0.15, 0.2) is 5.50 Å². The second kappa shape index (κ2) is 5.79. The fourth-order valence-corrected chi connectivity index (χ4v) is 5.17. The second-order valence-corrected chi connectivity index (χ2v) is 8.70. The summed E-state index contributed by atoms with van der Waals surface area (Å²) in [5.41, 5.74) is 2.59. The lowest BCUT2D eigenvalue weighted by Gasteiger charge is -2.36. The molecule has 1 N–H and O–H groups in total. The van der Waals surface area contributed by atoms with Crippen molar-refractivity contribution in [3.63, 3.8) is 0 Å². The van der Waals surface area contributed by atoms with Crippen LogP contribution in [-0.2, 0) is 17.8 Å². The van der Waals surface area contributed by atoms with E-state index in [4.69, 9.17) is 4.74 Å². The van der Waals surface area contributed by atoms with E-state index in [-0.39, 0.29) is 17.0 Å². The molecule has 0 saturated heterocycles. The van der Waals surface area contributed by atoms with Crippen LogP contribution in [0.5, 0.6) is 0 Å². The molecule has 4 nitrogen and oxygen atoms in total. The summed E-state index contributed by atoms with van der Waals surface area (Å²) in [5.74, 6) is 0.0875. The summed E-state index contributed by atoms with van der Waals surface area (Å²) < 4.78 is 5.92. The van der Waals surface area contributed by atoms with E-state index in [9.17, 15) is 4.79 Å². The van der Waals surface area contributed by atoms with Crippen molar-refractivity contribution in [3.05, 3.63) is 46.3 Å². The number of carbonyl (C=O) groups is 1. The van der Waals surface area contributed by atoms with Crippen LogP contribution in [-0.4, -0.2) is 23.3 Å². The molecular formula is C18H20N2O2S2. The quantitative estimate of drug-likeness (QED) is 0.866. The summed E-state index contributed by atoms with van der Waals surface area (Å²) in [7, 11) is 0. The number of nitrogens with one attached hydrogen (secondary N) is 1. The average Bonchev–Trinajstić information content (AvgIpc) is 2.92. The van der Waals surface area contributed by atoms with E-state index in [2.05, 4.69) is 19.2 Å². The SMILES string of the molecule is CS[C@@H]1Nc2sc3c(c2C(=O)N1c1ccccc1)CC(C)(C)OC3. The van der Waals surface area contributed by atoms with Crippen molar-refractivity contribution < 1.29 is 9.53 Å². The van der Waals surface area contributed by atoms with Crippen LogP contribution in [0.1, 0.15) is 34.6 Å². The van der Waals surface area contributed by atoms with Gasteiger partial charge in [0.25, 0.3) is 5.91 Å². The van der Waals surface area contributed by atoms with Crippen LogP contribution < -0.4 is 10.2 Å². The minimum absolute atomic E-state index is 0.0875. The molecule has 0 fully saturated rings. The summed E-state index contributed by atoms with van der Waals surface area (Å²) in [4.78, 5) is 16.4. The van der Waals surface area contributed by atoms with Crippen LogP contribution in [0.15, 0.2) is 30.3 Å². The van der Waals surface area contributed by atoms with E-state index in [1.54, 1.807) is 23.1 Å². The van der Waals surface area contributed by atoms with E-state index in [1.165, 1.54) is 4.88 Å². The summed E-state index contributed by atoms with van der Waals surface area (Å²) in [6.45, 7) is 4.75. The van der Waals surface area contributed by atoms with Crippen molar-refractivity contribution in [3.8, 4) is 0 Å². The van der Waals surface area contributed by atoms with Gasteiger partial charge in [0, 0.05) is 17.0 Å². The highest BCUT2D eigenvalue weighted by Gasteiger charge is 2.40. The Morgan fingerprint density at radius 2 is 2.08 bits per heavy atom. The number of hydrogen-bond donors (Lipinski definition) is 1. The highest BCUT2D eigenvalue weighted by molar-refractivity contribution is 7.99. The summed E-state index contributed by atoms with van der Waals surface area (Å²) in [6, 6.07) is 9.88. The van der Waals surface area contributed by atoms with Gasteiger partial charge in [-0.1, -0.05) is 18.2 Å². The van der Waals surface area contributed by atoms with Crippen LogP contribution in [0.2, 0.25) is 0 Å². The maximum atomic E-state index is 13.4. The van der Waals surface area contributed by atoms with Crippen LogP contribution in [0.3, 0.4) is 0 Å². The van der Waals surface area contributed by atoms with E-state index in [1.807, 2.05) is 41.5 Å². The van der Waals surface area contributed by atoms with Gasteiger partial charge in [-0.25, -0.2) is 0 Å². The van der Waals surface area contributed by atoms with Gasteiger partial charge in [-0.05, 0) is 37.8 Å². The van der Waals surface area contributed by atoms with Gasteiger partial charge in [-0.3, -0.25) is 9.69 Å². The second-order valence-electron chi connectivity index (χ2n) is 6.68. The fraction of sp³-hybridized carbons (Fsp3) is 0.389. The third-order valence-corrected chi connectivity index (χ3v) is 6.38. The normalized spacial score (nSPS) is 21.9.